The van der Waals surface area contributed by atoms with Crippen LogP contribution in [-0.2, 0) is 16.0 Å². The molecule has 2 aromatic rings. The van der Waals surface area contributed by atoms with E-state index in [1.54, 1.807) is 0 Å². The van der Waals surface area contributed by atoms with Gasteiger partial charge in [0.05, 0.1) is 12.3 Å². The molecule has 17 heavy (non-hydrogen) atoms. The van der Waals surface area contributed by atoms with Crippen molar-refractivity contribution in [3.8, 4) is 11.3 Å². The molecule has 0 aliphatic carbocycles. The lowest BCUT2D eigenvalue weighted by Gasteiger charge is -2.01. The van der Waals surface area contributed by atoms with E-state index in [2.05, 4.69) is 25.7 Å². The topological polar surface area (TPSA) is 52.3 Å². The SMILES string of the molecule is O=COCCc1ncoc1-c1ccc(Br)cc1. The summed E-state index contributed by atoms with van der Waals surface area (Å²) in [6.45, 7) is 0.735. The Morgan fingerprint density at radius 2 is 2.12 bits per heavy atom. The minimum atomic E-state index is 0.305. The molecule has 0 aliphatic rings. The van der Waals surface area contributed by atoms with Crippen molar-refractivity contribution in [2.75, 3.05) is 6.61 Å². The van der Waals surface area contributed by atoms with Crippen molar-refractivity contribution in [3.05, 3.63) is 40.8 Å². The summed E-state index contributed by atoms with van der Waals surface area (Å²) in [5.41, 5.74) is 1.74. The molecule has 2 rings (SSSR count). The lowest BCUT2D eigenvalue weighted by molar-refractivity contribution is -0.128. The van der Waals surface area contributed by atoms with Crippen LogP contribution >= 0.6 is 15.9 Å². The molecule has 0 aliphatic heterocycles. The fourth-order valence-corrected chi connectivity index (χ4v) is 1.75. The molecule has 0 spiro atoms. The number of rotatable bonds is 5. The van der Waals surface area contributed by atoms with E-state index >= 15 is 0 Å². The third-order valence-corrected chi connectivity index (χ3v) is 2.80. The largest absolute Gasteiger partial charge is 0.467 e. The number of oxazole rings is 1. The van der Waals surface area contributed by atoms with Gasteiger partial charge in [0.25, 0.3) is 6.47 Å². The molecule has 0 radical (unpaired) electrons. The van der Waals surface area contributed by atoms with Gasteiger partial charge in [0.1, 0.15) is 0 Å². The van der Waals surface area contributed by atoms with Gasteiger partial charge < -0.3 is 9.15 Å². The normalized spacial score (nSPS) is 10.2. The van der Waals surface area contributed by atoms with E-state index in [-0.39, 0.29) is 0 Å². The number of ether oxygens (including phenoxy) is 1. The van der Waals surface area contributed by atoms with Gasteiger partial charge in [0, 0.05) is 16.5 Å². The van der Waals surface area contributed by atoms with Gasteiger partial charge in [-0.1, -0.05) is 28.1 Å². The smallest absolute Gasteiger partial charge is 0.293 e. The molecule has 1 heterocycles. The number of nitrogens with zero attached hydrogens (tertiary/aromatic N) is 1. The first-order chi connectivity index (χ1) is 8.31. The minimum absolute atomic E-state index is 0.305. The van der Waals surface area contributed by atoms with Gasteiger partial charge in [-0.25, -0.2) is 4.98 Å². The Hall–Kier alpha value is -1.62. The number of carbonyl (C=O) groups excluding carboxylic acids is 1. The van der Waals surface area contributed by atoms with Crippen LogP contribution in [0.25, 0.3) is 11.3 Å². The van der Waals surface area contributed by atoms with Crippen LogP contribution in [-0.4, -0.2) is 18.1 Å². The first kappa shape index (κ1) is 11.9. The van der Waals surface area contributed by atoms with Gasteiger partial charge in [-0.15, -0.1) is 0 Å². The van der Waals surface area contributed by atoms with Gasteiger partial charge in [0.15, 0.2) is 12.2 Å². The zero-order valence-electron chi connectivity index (χ0n) is 8.93. The molecule has 0 N–H and O–H groups in total. The highest BCUT2D eigenvalue weighted by molar-refractivity contribution is 9.10. The Bertz CT molecular complexity index is 493. The third kappa shape index (κ3) is 2.94. The van der Waals surface area contributed by atoms with Gasteiger partial charge in [-0.2, -0.15) is 0 Å². The van der Waals surface area contributed by atoms with Crippen LogP contribution in [0.15, 0.2) is 39.5 Å². The van der Waals surface area contributed by atoms with Crippen LogP contribution < -0.4 is 0 Å². The molecule has 0 saturated heterocycles. The Kier molecular flexibility index (Phi) is 3.93. The number of benzene rings is 1. The number of halogens is 1. The zero-order chi connectivity index (χ0) is 12.1. The van der Waals surface area contributed by atoms with Crippen molar-refractivity contribution < 1.29 is 13.9 Å². The Morgan fingerprint density at radius 1 is 1.35 bits per heavy atom. The van der Waals surface area contributed by atoms with E-state index in [0.717, 1.165) is 15.7 Å². The maximum Gasteiger partial charge on any atom is 0.293 e. The molecular formula is C12H10BrNO3. The average Bonchev–Trinajstić information content (AvgIpc) is 2.79. The van der Waals surface area contributed by atoms with Crippen molar-refractivity contribution in [1.82, 2.24) is 4.98 Å². The maximum absolute atomic E-state index is 10.1. The molecule has 1 aromatic heterocycles. The predicted octanol–water partition coefficient (Wildman–Crippen LogP) is 2.82. The minimum Gasteiger partial charge on any atom is -0.467 e. The van der Waals surface area contributed by atoms with Gasteiger partial charge in [-0.05, 0) is 12.1 Å². The van der Waals surface area contributed by atoms with Gasteiger partial charge >= 0.3 is 0 Å². The predicted molar refractivity (Wildman–Crippen MR) is 65.4 cm³/mol. The molecule has 0 bridgehead atoms. The molecule has 0 fully saturated rings. The Labute approximate surface area is 107 Å². The lowest BCUT2D eigenvalue weighted by atomic mass is 10.1. The average molecular weight is 296 g/mol. The lowest BCUT2D eigenvalue weighted by Crippen LogP contribution is -1.98. The van der Waals surface area contributed by atoms with E-state index in [4.69, 9.17) is 4.42 Å². The Balaban J connectivity index is 2.18. The van der Waals surface area contributed by atoms with Crippen LogP contribution in [0.1, 0.15) is 5.69 Å². The highest BCUT2D eigenvalue weighted by Crippen LogP contribution is 2.24. The summed E-state index contributed by atoms with van der Waals surface area (Å²) in [5, 5.41) is 0. The van der Waals surface area contributed by atoms with E-state index in [1.165, 1.54) is 6.39 Å². The van der Waals surface area contributed by atoms with Crippen LogP contribution in [0.2, 0.25) is 0 Å². The molecule has 0 atom stereocenters. The van der Waals surface area contributed by atoms with Crippen LogP contribution in [0.4, 0.5) is 0 Å². The second kappa shape index (κ2) is 5.63. The van der Waals surface area contributed by atoms with E-state index < -0.39 is 0 Å². The van der Waals surface area contributed by atoms with Crippen molar-refractivity contribution in [2.45, 2.75) is 6.42 Å². The van der Waals surface area contributed by atoms with E-state index in [1.807, 2.05) is 24.3 Å². The summed E-state index contributed by atoms with van der Waals surface area (Å²) in [5.74, 6) is 0.715. The van der Waals surface area contributed by atoms with Crippen molar-refractivity contribution in [1.29, 1.82) is 0 Å². The molecule has 1 aromatic carbocycles. The highest BCUT2D eigenvalue weighted by Gasteiger charge is 2.10. The van der Waals surface area contributed by atoms with Crippen LogP contribution in [0.5, 0.6) is 0 Å². The van der Waals surface area contributed by atoms with Crippen molar-refractivity contribution in [2.24, 2.45) is 0 Å². The summed E-state index contributed by atoms with van der Waals surface area (Å²) in [6, 6.07) is 7.75. The van der Waals surface area contributed by atoms with Crippen LogP contribution in [0, 0.1) is 0 Å². The zero-order valence-corrected chi connectivity index (χ0v) is 10.5. The summed E-state index contributed by atoms with van der Waals surface area (Å²) < 4.78 is 11.0. The molecule has 88 valence electrons. The first-order valence-electron chi connectivity index (χ1n) is 5.05. The number of hydrogen-bond donors (Lipinski definition) is 0. The quantitative estimate of drug-likeness (QED) is 0.629. The van der Waals surface area contributed by atoms with E-state index in [9.17, 15) is 4.79 Å². The monoisotopic (exact) mass is 295 g/mol. The third-order valence-electron chi connectivity index (χ3n) is 2.27. The van der Waals surface area contributed by atoms with Gasteiger partial charge in [0.2, 0.25) is 0 Å². The van der Waals surface area contributed by atoms with Crippen molar-refractivity contribution in [3.63, 3.8) is 0 Å². The summed E-state index contributed by atoms with van der Waals surface area (Å²) in [4.78, 5) is 14.2. The first-order valence-corrected chi connectivity index (χ1v) is 5.84. The van der Waals surface area contributed by atoms with Crippen molar-refractivity contribution >= 4 is 22.4 Å². The number of hydrogen-bond acceptors (Lipinski definition) is 4. The summed E-state index contributed by atoms with van der Waals surface area (Å²) in [7, 11) is 0. The standard InChI is InChI=1S/C12H10BrNO3/c13-10-3-1-9(2-4-10)12-11(14-7-17-12)5-6-16-8-15/h1-4,7-8H,5-6H2. The second-order valence-corrected chi connectivity index (χ2v) is 4.27. The highest BCUT2D eigenvalue weighted by atomic mass is 79.9. The molecule has 0 saturated carbocycles. The van der Waals surface area contributed by atoms with E-state index in [0.29, 0.717) is 25.3 Å². The second-order valence-electron chi connectivity index (χ2n) is 3.35. The number of aromatic nitrogens is 1. The fraction of sp³-hybridized carbons (Fsp3) is 0.167. The maximum atomic E-state index is 10.1. The molecule has 0 unspecified atom stereocenters. The molecular weight excluding hydrogens is 286 g/mol. The Morgan fingerprint density at radius 3 is 2.82 bits per heavy atom. The summed E-state index contributed by atoms with van der Waals surface area (Å²) >= 11 is 3.37. The molecule has 4 nitrogen and oxygen atoms in total. The summed E-state index contributed by atoms with van der Waals surface area (Å²) in [6.07, 6.45) is 1.94. The fourth-order valence-electron chi connectivity index (χ4n) is 1.49. The number of carbonyl (C=O) groups is 1. The molecule has 5 heteroatoms. The van der Waals surface area contributed by atoms with Gasteiger partial charge in [-0.3, -0.25) is 4.79 Å². The molecule has 0 amide bonds. The van der Waals surface area contributed by atoms with Crippen LogP contribution in [0.3, 0.4) is 0 Å².